The molecule has 2 aromatic carbocycles. The molecule has 0 saturated heterocycles. The van der Waals surface area contributed by atoms with Crippen LogP contribution in [0.5, 0.6) is 5.75 Å². The van der Waals surface area contributed by atoms with Crippen LogP contribution in [0.15, 0.2) is 53.4 Å². The van der Waals surface area contributed by atoms with E-state index in [2.05, 4.69) is 4.72 Å². The molecule has 0 spiro atoms. The highest BCUT2D eigenvalue weighted by atomic mass is 32.2. The zero-order valence-electron chi connectivity index (χ0n) is 13.6. The second-order valence-electron chi connectivity index (χ2n) is 5.94. The number of ether oxygens (including phenoxy) is 1. The van der Waals surface area contributed by atoms with Crippen molar-refractivity contribution in [1.82, 2.24) is 4.72 Å². The monoisotopic (exact) mass is 362 g/mol. The predicted octanol–water partition coefficient (Wildman–Crippen LogP) is 3.03. The number of nitrogens with one attached hydrogen (secondary N) is 1. The van der Waals surface area contributed by atoms with Gasteiger partial charge in [-0.3, -0.25) is 10.1 Å². The number of hydrogen-bond acceptors (Lipinski definition) is 5. The fourth-order valence-electron chi connectivity index (χ4n) is 2.75. The van der Waals surface area contributed by atoms with Gasteiger partial charge in [-0.05, 0) is 36.5 Å². The number of methoxy groups -OCH3 is 1. The summed E-state index contributed by atoms with van der Waals surface area (Å²) in [6, 6.07) is 12.6. The van der Waals surface area contributed by atoms with Gasteiger partial charge in [-0.1, -0.05) is 30.3 Å². The van der Waals surface area contributed by atoms with Crippen molar-refractivity contribution in [3.05, 3.63) is 64.2 Å². The van der Waals surface area contributed by atoms with E-state index in [9.17, 15) is 18.5 Å². The zero-order chi connectivity index (χ0) is 18.0. The average molecular weight is 362 g/mol. The van der Waals surface area contributed by atoms with Crippen LogP contribution in [0, 0.1) is 16.0 Å². The number of nitro groups is 1. The van der Waals surface area contributed by atoms with Gasteiger partial charge in [0.2, 0.25) is 10.0 Å². The summed E-state index contributed by atoms with van der Waals surface area (Å²) in [7, 11) is -2.70. The van der Waals surface area contributed by atoms with Crippen molar-refractivity contribution in [2.75, 3.05) is 7.11 Å². The Morgan fingerprint density at radius 3 is 2.44 bits per heavy atom. The van der Waals surface area contributed by atoms with E-state index in [4.69, 9.17) is 4.74 Å². The van der Waals surface area contributed by atoms with E-state index < -0.39 is 26.7 Å². The molecular formula is C17H18N2O5S. The minimum Gasteiger partial charge on any atom is -0.497 e. The number of benzene rings is 2. The first kappa shape index (κ1) is 17.4. The third-order valence-electron chi connectivity index (χ3n) is 4.19. The highest BCUT2D eigenvalue weighted by Gasteiger charge is 2.37. The third-order valence-corrected chi connectivity index (χ3v) is 5.68. The summed E-state index contributed by atoms with van der Waals surface area (Å²) < 4.78 is 33.2. The quantitative estimate of drug-likeness (QED) is 0.603. The van der Waals surface area contributed by atoms with Crippen LogP contribution >= 0.6 is 0 Å². The second kappa shape index (κ2) is 6.81. The fourth-order valence-corrected chi connectivity index (χ4v) is 4.20. The number of sulfonamides is 1. The number of nitrogens with zero attached hydrogens (tertiary/aromatic N) is 1. The largest absolute Gasteiger partial charge is 0.497 e. The van der Waals surface area contributed by atoms with Gasteiger partial charge >= 0.3 is 0 Å². The fraction of sp³-hybridized carbons (Fsp3) is 0.294. The molecule has 1 N–H and O–H groups in total. The van der Waals surface area contributed by atoms with Crippen molar-refractivity contribution in [1.29, 1.82) is 0 Å². The number of rotatable bonds is 7. The van der Waals surface area contributed by atoms with Crippen molar-refractivity contribution in [3.8, 4) is 5.75 Å². The van der Waals surface area contributed by atoms with Crippen LogP contribution in [0.3, 0.4) is 0 Å². The lowest BCUT2D eigenvalue weighted by molar-refractivity contribution is -0.387. The molecule has 1 saturated carbocycles. The van der Waals surface area contributed by atoms with Crippen LogP contribution in [0.25, 0.3) is 0 Å². The Morgan fingerprint density at radius 1 is 1.20 bits per heavy atom. The van der Waals surface area contributed by atoms with Crippen molar-refractivity contribution in [3.63, 3.8) is 0 Å². The average Bonchev–Trinajstić information content (AvgIpc) is 3.45. The van der Waals surface area contributed by atoms with Crippen molar-refractivity contribution in [2.24, 2.45) is 5.92 Å². The van der Waals surface area contributed by atoms with Gasteiger partial charge in [-0.15, -0.1) is 0 Å². The van der Waals surface area contributed by atoms with Crippen molar-refractivity contribution >= 4 is 15.7 Å². The molecule has 1 atom stereocenters. The third kappa shape index (κ3) is 3.80. The Labute approximate surface area is 145 Å². The minimum absolute atomic E-state index is 0.203. The maximum absolute atomic E-state index is 12.8. The highest BCUT2D eigenvalue weighted by Crippen LogP contribution is 2.42. The van der Waals surface area contributed by atoms with E-state index in [1.54, 1.807) is 0 Å². The van der Waals surface area contributed by atoms with Gasteiger partial charge in [0.05, 0.1) is 18.1 Å². The van der Waals surface area contributed by atoms with Gasteiger partial charge < -0.3 is 4.74 Å². The SMILES string of the molecule is COc1ccc(S(=O)(=O)NC(c2ccccc2)C2CC2)c([N+](=O)[O-])c1. The summed E-state index contributed by atoms with van der Waals surface area (Å²) in [4.78, 5) is 10.2. The first-order valence-corrected chi connectivity index (χ1v) is 9.30. The molecular weight excluding hydrogens is 344 g/mol. The normalized spacial score (nSPS) is 15.6. The van der Waals surface area contributed by atoms with Crippen LogP contribution in [0.2, 0.25) is 0 Å². The Morgan fingerprint density at radius 2 is 1.88 bits per heavy atom. The van der Waals surface area contributed by atoms with E-state index in [0.717, 1.165) is 24.5 Å². The molecule has 1 aliphatic carbocycles. The smallest absolute Gasteiger partial charge is 0.293 e. The Bertz CT molecular complexity index is 879. The molecule has 25 heavy (non-hydrogen) atoms. The van der Waals surface area contributed by atoms with Gasteiger partial charge in [0.25, 0.3) is 5.69 Å². The highest BCUT2D eigenvalue weighted by molar-refractivity contribution is 7.89. The molecule has 132 valence electrons. The van der Waals surface area contributed by atoms with E-state index >= 15 is 0 Å². The molecule has 0 amide bonds. The second-order valence-corrected chi connectivity index (χ2v) is 7.62. The summed E-state index contributed by atoms with van der Waals surface area (Å²) in [6.45, 7) is 0. The maximum Gasteiger partial charge on any atom is 0.293 e. The first-order chi connectivity index (χ1) is 11.9. The summed E-state index contributed by atoms with van der Waals surface area (Å²) in [5.41, 5.74) is 0.346. The van der Waals surface area contributed by atoms with E-state index in [-0.39, 0.29) is 16.6 Å². The minimum atomic E-state index is -4.06. The number of hydrogen-bond donors (Lipinski definition) is 1. The number of nitro benzene ring substituents is 1. The Balaban J connectivity index is 1.97. The van der Waals surface area contributed by atoms with Gasteiger partial charge in [-0.25, -0.2) is 13.1 Å². The molecule has 0 radical (unpaired) electrons. The summed E-state index contributed by atoms with van der Waals surface area (Å²) in [5.74, 6) is 0.432. The topological polar surface area (TPSA) is 98.5 Å². The molecule has 0 heterocycles. The molecule has 1 fully saturated rings. The first-order valence-electron chi connectivity index (χ1n) is 7.82. The molecule has 1 aliphatic rings. The molecule has 3 rings (SSSR count). The molecule has 0 aromatic heterocycles. The Hall–Kier alpha value is -2.45. The lowest BCUT2D eigenvalue weighted by atomic mass is 10.0. The van der Waals surface area contributed by atoms with E-state index in [1.807, 2.05) is 30.3 Å². The van der Waals surface area contributed by atoms with Crippen molar-refractivity contribution in [2.45, 2.75) is 23.8 Å². The van der Waals surface area contributed by atoms with Crippen molar-refractivity contribution < 1.29 is 18.1 Å². The lowest BCUT2D eigenvalue weighted by Crippen LogP contribution is -2.30. The molecule has 0 bridgehead atoms. The predicted molar refractivity (Wildman–Crippen MR) is 91.9 cm³/mol. The van der Waals surface area contributed by atoms with E-state index in [1.165, 1.54) is 19.2 Å². The lowest BCUT2D eigenvalue weighted by Gasteiger charge is -2.19. The zero-order valence-corrected chi connectivity index (χ0v) is 14.4. The summed E-state index contributed by atoms with van der Waals surface area (Å²) in [5, 5.41) is 11.3. The molecule has 0 aliphatic heterocycles. The van der Waals surface area contributed by atoms with Crippen LogP contribution in [-0.2, 0) is 10.0 Å². The summed E-state index contributed by atoms with van der Waals surface area (Å²) in [6.07, 6.45) is 1.85. The standard InChI is InChI=1S/C17H18N2O5S/c1-24-14-9-10-16(15(11-14)19(20)21)25(22,23)18-17(13-7-8-13)12-5-3-2-4-6-12/h2-6,9-11,13,17-18H,7-8H2,1H3. The summed E-state index contributed by atoms with van der Waals surface area (Å²) >= 11 is 0. The van der Waals surface area contributed by atoms with Crippen LogP contribution in [0.1, 0.15) is 24.4 Å². The van der Waals surface area contributed by atoms with Gasteiger partial charge in [0.15, 0.2) is 4.90 Å². The van der Waals surface area contributed by atoms with Crippen LogP contribution < -0.4 is 9.46 Å². The van der Waals surface area contributed by atoms with E-state index in [0.29, 0.717) is 0 Å². The molecule has 7 nitrogen and oxygen atoms in total. The van der Waals surface area contributed by atoms with Gasteiger partial charge in [0.1, 0.15) is 5.75 Å². The van der Waals surface area contributed by atoms with Crippen LogP contribution in [0.4, 0.5) is 5.69 Å². The molecule has 2 aromatic rings. The Kier molecular flexibility index (Phi) is 4.73. The maximum atomic E-state index is 12.8. The van der Waals surface area contributed by atoms with Gasteiger partial charge in [0, 0.05) is 6.04 Å². The van der Waals surface area contributed by atoms with Gasteiger partial charge in [-0.2, -0.15) is 0 Å². The van der Waals surface area contributed by atoms with Crippen LogP contribution in [-0.4, -0.2) is 20.5 Å². The molecule has 1 unspecified atom stereocenters. The molecule has 8 heteroatoms.